The van der Waals surface area contributed by atoms with Crippen molar-refractivity contribution < 1.29 is 13.2 Å². The highest BCUT2D eigenvalue weighted by molar-refractivity contribution is 7.89. The maximum atomic E-state index is 12.5. The molecule has 0 fully saturated rings. The summed E-state index contributed by atoms with van der Waals surface area (Å²) in [6.45, 7) is 3.91. The molecular formula is C18H21ClN2O3S. The second-order valence-electron chi connectivity index (χ2n) is 6.00. The largest absolute Gasteiger partial charge is 0.351 e. The monoisotopic (exact) mass is 380 g/mol. The molecule has 2 N–H and O–H groups in total. The van der Waals surface area contributed by atoms with Gasteiger partial charge in [-0.2, -0.15) is 4.72 Å². The Bertz CT molecular complexity index is 823. The molecule has 2 aromatic carbocycles. The van der Waals surface area contributed by atoms with Gasteiger partial charge in [0.15, 0.2) is 0 Å². The quantitative estimate of drug-likeness (QED) is 0.775. The molecule has 0 heterocycles. The number of carbonyl (C=O) groups is 1. The molecule has 1 atom stereocenters. The van der Waals surface area contributed by atoms with Crippen molar-refractivity contribution in [3.63, 3.8) is 0 Å². The van der Waals surface area contributed by atoms with Gasteiger partial charge in [0.05, 0.1) is 4.90 Å². The molecule has 2 rings (SSSR count). The highest BCUT2D eigenvalue weighted by Crippen LogP contribution is 2.17. The second kappa shape index (κ2) is 8.47. The van der Waals surface area contributed by atoms with Crippen molar-refractivity contribution >= 4 is 27.5 Å². The molecule has 2 aromatic rings. The summed E-state index contributed by atoms with van der Waals surface area (Å²) in [5.41, 5.74) is 0.941. The summed E-state index contributed by atoms with van der Waals surface area (Å²) >= 11 is 5.86. The minimum atomic E-state index is -3.85. The van der Waals surface area contributed by atoms with Gasteiger partial charge in [0.1, 0.15) is 6.04 Å². The van der Waals surface area contributed by atoms with Crippen LogP contribution in [0, 0.1) is 5.92 Å². The number of hydrogen-bond donors (Lipinski definition) is 2. The number of rotatable bonds is 7. The number of sulfonamides is 1. The van der Waals surface area contributed by atoms with E-state index in [-0.39, 0.29) is 16.7 Å². The van der Waals surface area contributed by atoms with Crippen LogP contribution in [0.1, 0.15) is 19.4 Å². The number of amides is 1. The number of carbonyl (C=O) groups excluding carboxylic acids is 1. The van der Waals surface area contributed by atoms with Crippen LogP contribution in [0.2, 0.25) is 5.02 Å². The van der Waals surface area contributed by atoms with Crippen LogP contribution in [-0.2, 0) is 21.4 Å². The van der Waals surface area contributed by atoms with Crippen molar-refractivity contribution in [1.82, 2.24) is 10.0 Å². The molecule has 0 aliphatic rings. The molecule has 0 saturated heterocycles. The van der Waals surface area contributed by atoms with Gasteiger partial charge in [-0.1, -0.05) is 61.8 Å². The average Bonchev–Trinajstić information content (AvgIpc) is 2.58. The van der Waals surface area contributed by atoms with Crippen LogP contribution >= 0.6 is 11.6 Å². The zero-order chi connectivity index (χ0) is 18.4. The standard InChI is InChI=1S/C18H21ClN2O3S/c1-13(2)17(18(22)20-12-14-7-4-3-5-8-14)21-25(23,24)16-10-6-9-15(19)11-16/h3-11,13,17,21H,12H2,1-2H3,(H,20,22). The van der Waals surface area contributed by atoms with Crippen molar-refractivity contribution in [2.75, 3.05) is 0 Å². The van der Waals surface area contributed by atoms with E-state index in [4.69, 9.17) is 11.6 Å². The van der Waals surface area contributed by atoms with Crippen LogP contribution < -0.4 is 10.0 Å². The second-order valence-corrected chi connectivity index (χ2v) is 8.15. The van der Waals surface area contributed by atoms with Crippen molar-refractivity contribution in [2.45, 2.75) is 31.3 Å². The molecule has 25 heavy (non-hydrogen) atoms. The minimum Gasteiger partial charge on any atom is -0.351 e. The number of hydrogen-bond acceptors (Lipinski definition) is 3. The Morgan fingerprint density at radius 1 is 1.08 bits per heavy atom. The molecule has 0 aromatic heterocycles. The molecule has 0 saturated carbocycles. The predicted molar refractivity (Wildman–Crippen MR) is 98.7 cm³/mol. The maximum absolute atomic E-state index is 12.5. The van der Waals surface area contributed by atoms with Crippen molar-refractivity contribution in [2.24, 2.45) is 5.92 Å². The maximum Gasteiger partial charge on any atom is 0.241 e. The van der Waals surface area contributed by atoms with Gasteiger partial charge >= 0.3 is 0 Å². The number of nitrogens with one attached hydrogen (secondary N) is 2. The highest BCUT2D eigenvalue weighted by Gasteiger charge is 2.28. The first-order chi connectivity index (χ1) is 11.8. The van der Waals surface area contributed by atoms with E-state index in [1.165, 1.54) is 12.1 Å². The van der Waals surface area contributed by atoms with Gasteiger partial charge in [-0.15, -0.1) is 0 Å². The third-order valence-electron chi connectivity index (χ3n) is 3.65. The van der Waals surface area contributed by atoms with Crippen molar-refractivity contribution in [3.05, 3.63) is 65.2 Å². The summed E-state index contributed by atoms with van der Waals surface area (Å²) in [5.74, 6) is -0.589. The first-order valence-electron chi connectivity index (χ1n) is 7.89. The SMILES string of the molecule is CC(C)C(NS(=O)(=O)c1cccc(Cl)c1)C(=O)NCc1ccccc1. The summed E-state index contributed by atoms with van der Waals surface area (Å²) in [5, 5.41) is 3.09. The molecule has 7 heteroatoms. The van der Waals surface area contributed by atoms with Crippen LogP contribution in [0.25, 0.3) is 0 Å². The van der Waals surface area contributed by atoms with Crippen LogP contribution in [0.4, 0.5) is 0 Å². The zero-order valence-electron chi connectivity index (χ0n) is 14.1. The average molecular weight is 381 g/mol. The van der Waals surface area contributed by atoms with Crippen LogP contribution in [0.3, 0.4) is 0 Å². The van der Waals surface area contributed by atoms with E-state index in [9.17, 15) is 13.2 Å². The van der Waals surface area contributed by atoms with Gasteiger partial charge < -0.3 is 5.32 Å². The molecule has 1 amide bonds. The molecule has 0 aliphatic carbocycles. The molecular weight excluding hydrogens is 360 g/mol. The van der Waals surface area contributed by atoms with E-state index in [0.717, 1.165) is 5.56 Å². The van der Waals surface area contributed by atoms with E-state index in [1.54, 1.807) is 26.0 Å². The molecule has 0 radical (unpaired) electrons. The summed E-state index contributed by atoms with van der Waals surface area (Å²) in [6, 6.07) is 14.5. The Kier molecular flexibility index (Phi) is 6.58. The lowest BCUT2D eigenvalue weighted by molar-refractivity contribution is -0.123. The predicted octanol–water partition coefficient (Wildman–Crippen LogP) is 2.96. The van der Waals surface area contributed by atoms with Gasteiger partial charge in [0, 0.05) is 11.6 Å². The van der Waals surface area contributed by atoms with Crippen LogP contribution in [0.5, 0.6) is 0 Å². The molecule has 1 unspecified atom stereocenters. The van der Waals surface area contributed by atoms with E-state index in [1.807, 2.05) is 30.3 Å². The third kappa shape index (κ3) is 5.56. The van der Waals surface area contributed by atoms with E-state index < -0.39 is 16.1 Å². The third-order valence-corrected chi connectivity index (χ3v) is 5.32. The fourth-order valence-corrected chi connectivity index (χ4v) is 3.90. The highest BCUT2D eigenvalue weighted by atomic mass is 35.5. The van der Waals surface area contributed by atoms with Gasteiger partial charge in [0.25, 0.3) is 0 Å². The summed E-state index contributed by atoms with van der Waals surface area (Å²) < 4.78 is 27.5. The topological polar surface area (TPSA) is 75.3 Å². The van der Waals surface area contributed by atoms with Gasteiger partial charge in [-0.05, 0) is 29.7 Å². The van der Waals surface area contributed by atoms with Crippen LogP contribution in [-0.4, -0.2) is 20.4 Å². The first kappa shape index (κ1) is 19.4. The lowest BCUT2D eigenvalue weighted by atomic mass is 10.0. The molecule has 5 nitrogen and oxygen atoms in total. The van der Waals surface area contributed by atoms with E-state index in [2.05, 4.69) is 10.0 Å². The van der Waals surface area contributed by atoms with E-state index in [0.29, 0.717) is 11.6 Å². The summed E-state index contributed by atoms with van der Waals surface area (Å²) in [7, 11) is -3.85. The minimum absolute atomic E-state index is 0.0292. The normalized spacial score (nSPS) is 12.8. The Labute approximate surface area is 153 Å². The van der Waals surface area contributed by atoms with Crippen molar-refractivity contribution in [1.29, 1.82) is 0 Å². The molecule has 0 bridgehead atoms. The Balaban J connectivity index is 2.10. The lowest BCUT2D eigenvalue weighted by Crippen LogP contribution is -2.49. The molecule has 0 spiro atoms. The van der Waals surface area contributed by atoms with Gasteiger partial charge in [-0.25, -0.2) is 8.42 Å². The number of benzene rings is 2. The lowest BCUT2D eigenvalue weighted by Gasteiger charge is -2.21. The first-order valence-corrected chi connectivity index (χ1v) is 9.75. The number of halogens is 1. The summed E-state index contributed by atoms with van der Waals surface area (Å²) in [6.07, 6.45) is 0. The summed E-state index contributed by atoms with van der Waals surface area (Å²) in [4.78, 5) is 12.5. The molecule has 0 aliphatic heterocycles. The Morgan fingerprint density at radius 2 is 1.76 bits per heavy atom. The van der Waals surface area contributed by atoms with Crippen LogP contribution in [0.15, 0.2) is 59.5 Å². The van der Waals surface area contributed by atoms with Gasteiger partial charge in [0.2, 0.25) is 15.9 Å². The Hall–Kier alpha value is -1.89. The fourth-order valence-electron chi connectivity index (χ4n) is 2.26. The Morgan fingerprint density at radius 3 is 2.36 bits per heavy atom. The zero-order valence-corrected chi connectivity index (χ0v) is 15.6. The molecule has 134 valence electrons. The fraction of sp³-hybridized carbons (Fsp3) is 0.278. The van der Waals surface area contributed by atoms with E-state index >= 15 is 0 Å². The van der Waals surface area contributed by atoms with Gasteiger partial charge in [-0.3, -0.25) is 4.79 Å². The smallest absolute Gasteiger partial charge is 0.241 e. The van der Waals surface area contributed by atoms with Crippen molar-refractivity contribution in [3.8, 4) is 0 Å².